The predicted molar refractivity (Wildman–Crippen MR) is 53.8 cm³/mol. The maximum atomic E-state index is 10.9. The van der Waals surface area contributed by atoms with Gasteiger partial charge < -0.3 is 10.8 Å². The lowest BCUT2D eigenvalue weighted by molar-refractivity contribution is -0.142. The second kappa shape index (κ2) is 3.89. The fourth-order valence-corrected chi connectivity index (χ4v) is 2.79. The molecule has 0 aromatic heterocycles. The van der Waals surface area contributed by atoms with Crippen LogP contribution in [-0.4, -0.2) is 17.1 Å². The van der Waals surface area contributed by atoms with Crippen LogP contribution in [0.1, 0.15) is 38.5 Å². The summed E-state index contributed by atoms with van der Waals surface area (Å²) in [6.45, 7) is 0. The molecule has 2 aliphatic rings. The summed E-state index contributed by atoms with van der Waals surface area (Å²) in [6.07, 6.45) is 7.31. The second-order valence-electron chi connectivity index (χ2n) is 4.82. The molecule has 80 valence electrons. The first-order valence-electron chi connectivity index (χ1n) is 5.68. The lowest BCUT2D eigenvalue weighted by atomic mass is 9.62. The van der Waals surface area contributed by atoms with Crippen LogP contribution in [0.15, 0.2) is 0 Å². The van der Waals surface area contributed by atoms with Gasteiger partial charge in [-0.15, -0.1) is 0 Å². The van der Waals surface area contributed by atoms with Crippen molar-refractivity contribution in [2.45, 2.75) is 44.6 Å². The molecular formula is C11H19NO2. The highest BCUT2D eigenvalue weighted by Gasteiger charge is 2.41. The van der Waals surface area contributed by atoms with Gasteiger partial charge in [-0.25, -0.2) is 0 Å². The van der Waals surface area contributed by atoms with Gasteiger partial charge in [-0.3, -0.25) is 4.79 Å². The van der Waals surface area contributed by atoms with Crippen LogP contribution in [0.25, 0.3) is 0 Å². The molecule has 0 heterocycles. The van der Waals surface area contributed by atoms with Crippen molar-refractivity contribution < 1.29 is 9.90 Å². The lowest BCUT2D eigenvalue weighted by Crippen LogP contribution is -2.48. The van der Waals surface area contributed by atoms with E-state index >= 15 is 0 Å². The largest absolute Gasteiger partial charge is 0.480 e. The highest BCUT2D eigenvalue weighted by molar-refractivity contribution is 5.73. The average Bonchev–Trinajstić information content (AvgIpc) is 1.94. The molecule has 1 unspecified atom stereocenters. The molecule has 2 fully saturated rings. The highest BCUT2D eigenvalue weighted by Crippen LogP contribution is 2.45. The number of rotatable bonds is 4. The number of hydrogen-bond acceptors (Lipinski definition) is 2. The molecule has 2 saturated carbocycles. The maximum absolute atomic E-state index is 10.9. The monoisotopic (exact) mass is 197 g/mol. The quantitative estimate of drug-likeness (QED) is 0.719. The van der Waals surface area contributed by atoms with Crippen molar-refractivity contribution in [3.8, 4) is 0 Å². The summed E-state index contributed by atoms with van der Waals surface area (Å²) < 4.78 is 0. The van der Waals surface area contributed by atoms with Crippen LogP contribution in [0.3, 0.4) is 0 Å². The van der Waals surface area contributed by atoms with Crippen LogP contribution in [0.2, 0.25) is 0 Å². The molecule has 0 bridgehead atoms. The van der Waals surface area contributed by atoms with Gasteiger partial charge in [0.05, 0.1) is 0 Å². The first-order valence-corrected chi connectivity index (χ1v) is 5.68. The number of carboxylic acids is 1. The summed E-state index contributed by atoms with van der Waals surface area (Å²) in [6, 6.07) is -0.620. The molecule has 2 aliphatic carbocycles. The van der Waals surface area contributed by atoms with E-state index in [0.717, 1.165) is 0 Å². The van der Waals surface area contributed by atoms with Gasteiger partial charge in [0.1, 0.15) is 6.04 Å². The Morgan fingerprint density at radius 1 is 1.14 bits per heavy atom. The van der Waals surface area contributed by atoms with Crippen molar-refractivity contribution in [2.75, 3.05) is 0 Å². The minimum Gasteiger partial charge on any atom is -0.480 e. The third-order valence-corrected chi connectivity index (χ3v) is 4.09. The average molecular weight is 197 g/mol. The first-order chi connectivity index (χ1) is 6.70. The number of aliphatic carboxylic acids is 1. The summed E-state index contributed by atoms with van der Waals surface area (Å²) in [5, 5.41) is 8.96. The topological polar surface area (TPSA) is 63.3 Å². The van der Waals surface area contributed by atoms with E-state index in [4.69, 9.17) is 10.8 Å². The number of carbonyl (C=O) groups is 1. The van der Waals surface area contributed by atoms with Crippen LogP contribution in [0, 0.1) is 17.8 Å². The minimum absolute atomic E-state index is 0.259. The molecule has 3 nitrogen and oxygen atoms in total. The van der Waals surface area contributed by atoms with Gasteiger partial charge in [-0.2, -0.15) is 0 Å². The Morgan fingerprint density at radius 2 is 1.57 bits per heavy atom. The van der Waals surface area contributed by atoms with E-state index in [2.05, 4.69) is 0 Å². The molecule has 3 heteroatoms. The Bertz CT molecular complexity index is 207. The van der Waals surface area contributed by atoms with E-state index < -0.39 is 12.0 Å². The van der Waals surface area contributed by atoms with Gasteiger partial charge in [-0.1, -0.05) is 38.5 Å². The maximum Gasteiger partial charge on any atom is 0.320 e. The Balaban J connectivity index is 2.00. The third-order valence-electron chi connectivity index (χ3n) is 4.09. The molecule has 0 amide bonds. The zero-order valence-electron chi connectivity index (χ0n) is 8.48. The van der Waals surface area contributed by atoms with E-state index in [1.807, 2.05) is 0 Å². The molecule has 14 heavy (non-hydrogen) atoms. The molecule has 0 aromatic carbocycles. The molecule has 0 aromatic rings. The van der Waals surface area contributed by atoms with Crippen molar-refractivity contribution in [2.24, 2.45) is 23.5 Å². The van der Waals surface area contributed by atoms with E-state index in [9.17, 15) is 4.79 Å². The molecule has 1 atom stereocenters. The van der Waals surface area contributed by atoms with Crippen molar-refractivity contribution in [1.29, 1.82) is 0 Å². The van der Waals surface area contributed by atoms with Crippen LogP contribution in [0.4, 0.5) is 0 Å². The zero-order chi connectivity index (χ0) is 10.1. The second-order valence-corrected chi connectivity index (χ2v) is 4.82. The fourth-order valence-electron chi connectivity index (χ4n) is 2.79. The highest BCUT2D eigenvalue weighted by atomic mass is 16.4. The number of carboxylic acid groups (broad SMARTS) is 1. The zero-order valence-corrected chi connectivity index (χ0v) is 8.48. The summed E-state index contributed by atoms with van der Waals surface area (Å²) >= 11 is 0. The standard InChI is InChI=1S/C11H19NO2/c12-10(11(13)14)9(7-3-1-4-7)8-5-2-6-8/h7-10H,1-6,12H2,(H,13,14). The predicted octanol–water partition coefficient (Wildman–Crippen LogP) is 1.61. The molecule has 2 rings (SSSR count). The Hall–Kier alpha value is -0.570. The lowest BCUT2D eigenvalue weighted by Gasteiger charge is -2.44. The van der Waals surface area contributed by atoms with Crippen molar-refractivity contribution in [3.63, 3.8) is 0 Å². The molecule has 0 saturated heterocycles. The van der Waals surface area contributed by atoms with Crippen LogP contribution in [0.5, 0.6) is 0 Å². The van der Waals surface area contributed by atoms with Crippen LogP contribution in [-0.2, 0) is 4.79 Å². The Morgan fingerprint density at radius 3 is 1.79 bits per heavy atom. The van der Waals surface area contributed by atoms with Gasteiger partial charge in [0.25, 0.3) is 0 Å². The van der Waals surface area contributed by atoms with Gasteiger partial charge in [-0.05, 0) is 17.8 Å². The van der Waals surface area contributed by atoms with E-state index in [-0.39, 0.29) is 5.92 Å². The number of nitrogens with two attached hydrogens (primary N) is 1. The first kappa shape index (κ1) is 9.97. The van der Waals surface area contributed by atoms with E-state index in [0.29, 0.717) is 11.8 Å². The van der Waals surface area contributed by atoms with Gasteiger partial charge >= 0.3 is 5.97 Å². The van der Waals surface area contributed by atoms with Gasteiger partial charge in [0, 0.05) is 0 Å². The van der Waals surface area contributed by atoms with E-state index in [1.54, 1.807) is 0 Å². The van der Waals surface area contributed by atoms with Gasteiger partial charge in [0.15, 0.2) is 0 Å². The molecule has 3 N–H and O–H groups in total. The molecular weight excluding hydrogens is 178 g/mol. The molecule has 0 spiro atoms. The van der Waals surface area contributed by atoms with Crippen LogP contribution < -0.4 is 5.73 Å². The van der Waals surface area contributed by atoms with Crippen LogP contribution >= 0.6 is 0 Å². The third kappa shape index (κ3) is 1.65. The Kier molecular flexibility index (Phi) is 2.77. The summed E-state index contributed by atoms with van der Waals surface area (Å²) in [5.74, 6) is 0.654. The minimum atomic E-state index is -0.811. The molecule has 0 aliphatic heterocycles. The SMILES string of the molecule is NC(C(=O)O)C(C1CCC1)C1CCC1. The summed E-state index contributed by atoms with van der Waals surface area (Å²) in [7, 11) is 0. The summed E-state index contributed by atoms with van der Waals surface area (Å²) in [4.78, 5) is 10.9. The smallest absolute Gasteiger partial charge is 0.320 e. The Labute approximate surface area is 84.7 Å². The summed E-state index contributed by atoms with van der Waals surface area (Å²) in [5.41, 5.74) is 5.78. The van der Waals surface area contributed by atoms with Crippen molar-refractivity contribution >= 4 is 5.97 Å². The fraction of sp³-hybridized carbons (Fsp3) is 0.909. The van der Waals surface area contributed by atoms with E-state index in [1.165, 1.54) is 38.5 Å². The molecule has 0 radical (unpaired) electrons. The normalized spacial score (nSPS) is 25.6. The van der Waals surface area contributed by atoms with Crippen molar-refractivity contribution in [3.05, 3.63) is 0 Å². The van der Waals surface area contributed by atoms with Gasteiger partial charge in [0.2, 0.25) is 0 Å². The number of hydrogen-bond donors (Lipinski definition) is 2. The van der Waals surface area contributed by atoms with Crippen molar-refractivity contribution in [1.82, 2.24) is 0 Å².